The molecule has 1 aliphatic carbocycles. The van der Waals surface area contributed by atoms with Crippen LogP contribution >= 0.6 is 0 Å². The topological polar surface area (TPSA) is 78.9 Å². The van der Waals surface area contributed by atoms with Gasteiger partial charge in [-0.05, 0) is 30.9 Å². The van der Waals surface area contributed by atoms with E-state index in [9.17, 15) is 9.59 Å². The third kappa shape index (κ3) is 3.70. The Kier molecular flexibility index (Phi) is 5.51. The number of fused-ring (bicyclic) bond motifs is 1. The number of benzene rings is 1. The lowest BCUT2D eigenvalue weighted by atomic mass is 9.70. The number of carbonyl (C=O) groups is 2. The number of amides is 2. The summed E-state index contributed by atoms with van der Waals surface area (Å²) >= 11 is 0. The van der Waals surface area contributed by atoms with Crippen molar-refractivity contribution in [1.29, 1.82) is 0 Å². The van der Waals surface area contributed by atoms with E-state index in [2.05, 4.69) is 13.8 Å². The first-order chi connectivity index (χ1) is 12.4. The highest BCUT2D eigenvalue weighted by Crippen LogP contribution is 2.40. The summed E-state index contributed by atoms with van der Waals surface area (Å²) in [6.45, 7) is 5.56. The number of carbonyl (C=O) groups excluding carboxylic acids is 2. The standard InChI is InChI=1S/C20H28N2O4/c1-20(2,16-6-4-3-5-7-16)19(24)22-10-11-26-17-12-14(18(23)21-25)8-9-15(17)13-22/h8-9,12,16,25H,3-7,10-11,13H2,1-2H3,(H,21,23). The number of nitrogens with one attached hydrogen (secondary N) is 1. The summed E-state index contributed by atoms with van der Waals surface area (Å²) in [7, 11) is 0. The lowest BCUT2D eigenvalue weighted by Gasteiger charge is -2.39. The molecule has 0 atom stereocenters. The van der Waals surface area contributed by atoms with Gasteiger partial charge < -0.3 is 9.64 Å². The fourth-order valence-corrected chi connectivity index (χ4v) is 4.16. The lowest BCUT2D eigenvalue weighted by Crippen LogP contribution is -2.45. The molecule has 1 fully saturated rings. The molecule has 6 nitrogen and oxygen atoms in total. The van der Waals surface area contributed by atoms with Gasteiger partial charge in [-0.1, -0.05) is 39.2 Å². The van der Waals surface area contributed by atoms with Gasteiger partial charge in [0.1, 0.15) is 12.4 Å². The summed E-state index contributed by atoms with van der Waals surface area (Å²) in [5, 5.41) is 8.78. The fraction of sp³-hybridized carbons (Fsp3) is 0.600. The van der Waals surface area contributed by atoms with E-state index >= 15 is 0 Å². The van der Waals surface area contributed by atoms with Crippen LogP contribution in [0.5, 0.6) is 5.75 Å². The van der Waals surface area contributed by atoms with Gasteiger partial charge in [-0.2, -0.15) is 0 Å². The van der Waals surface area contributed by atoms with E-state index in [-0.39, 0.29) is 11.3 Å². The highest BCUT2D eigenvalue weighted by atomic mass is 16.5. The summed E-state index contributed by atoms with van der Waals surface area (Å²) in [5.74, 6) is 0.630. The SMILES string of the molecule is CC(C)(C(=O)N1CCOc2cc(C(=O)NO)ccc2C1)C1CCCCC1. The van der Waals surface area contributed by atoms with Crippen molar-refractivity contribution >= 4 is 11.8 Å². The average Bonchev–Trinajstić information content (AvgIpc) is 2.89. The van der Waals surface area contributed by atoms with Gasteiger partial charge in [-0.3, -0.25) is 14.8 Å². The Labute approximate surface area is 154 Å². The summed E-state index contributed by atoms with van der Waals surface area (Å²) in [4.78, 5) is 26.7. The number of ether oxygens (including phenoxy) is 1. The van der Waals surface area contributed by atoms with Crippen LogP contribution in [-0.2, 0) is 11.3 Å². The number of rotatable bonds is 3. The largest absolute Gasteiger partial charge is 0.491 e. The zero-order chi connectivity index (χ0) is 18.7. The second-order valence-corrected chi connectivity index (χ2v) is 7.90. The van der Waals surface area contributed by atoms with Crippen LogP contribution in [0, 0.1) is 11.3 Å². The molecule has 0 aromatic heterocycles. The molecule has 1 aromatic rings. The van der Waals surface area contributed by atoms with Crippen molar-refractivity contribution in [2.45, 2.75) is 52.5 Å². The molecule has 1 saturated carbocycles. The van der Waals surface area contributed by atoms with Crippen molar-refractivity contribution in [3.8, 4) is 5.75 Å². The molecule has 0 saturated heterocycles. The van der Waals surface area contributed by atoms with Crippen LogP contribution in [0.2, 0.25) is 0 Å². The first-order valence-corrected chi connectivity index (χ1v) is 9.43. The molecule has 2 amide bonds. The molecule has 6 heteroatoms. The first kappa shape index (κ1) is 18.7. The van der Waals surface area contributed by atoms with E-state index < -0.39 is 5.91 Å². The molecular weight excluding hydrogens is 332 g/mol. The fourth-order valence-electron chi connectivity index (χ4n) is 4.16. The number of hydroxylamine groups is 1. The lowest BCUT2D eigenvalue weighted by molar-refractivity contribution is -0.145. The molecule has 142 valence electrons. The van der Waals surface area contributed by atoms with Crippen LogP contribution in [0.25, 0.3) is 0 Å². The quantitative estimate of drug-likeness (QED) is 0.641. The minimum Gasteiger partial charge on any atom is -0.491 e. The maximum absolute atomic E-state index is 13.3. The zero-order valence-corrected chi connectivity index (χ0v) is 15.6. The molecule has 0 unspecified atom stereocenters. The van der Waals surface area contributed by atoms with Gasteiger partial charge in [0.05, 0.1) is 6.54 Å². The molecule has 0 spiro atoms. The number of hydrogen-bond acceptors (Lipinski definition) is 4. The Balaban J connectivity index is 1.77. The monoisotopic (exact) mass is 360 g/mol. The maximum atomic E-state index is 13.3. The average molecular weight is 360 g/mol. The molecule has 1 aliphatic heterocycles. The van der Waals surface area contributed by atoms with Crippen LogP contribution in [0.4, 0.5) is 0 Å². The van der Waals surface area contributed by atoms with Gasteiger partial charge in [0.15, 0.2) is 0 Å². The van der Waals surface area contributed by atoms with Gasteiger partial charge in [0.2, 0.25) is 5.91 Å². The molecule has 1 heterocycles. The van der Waals surface area contributed by atoms with Crippen LogP contribution in [0.1, 0.15) is 61.9 Å². The van der Waals surface area contributed by atoms with E-state index in [1.54, 1.807) is 23.7 Å². The molecule has 0 bridgehead atoms. The van der Waals surface area contributed by atoms with E-state index in [0.29, 0.717) is 36.9 Å². The molecular formula is C20H28N2O4. The third-order valence-electron chi connectivity index (χ3n) is 5.88. The summed E-state index contributed by atoms with van der Waals surface area (Å²) in [5.41, 5.74) is 2.46. The third-order valence-corrected chi connectivity index (χ3v) is 5.88. The molecule has 2 aliphatic rings. The second kappa shape index (κ2) is 7.66. The zero-order valence-electron chi connectivity index (χ0n) is 15.6. The predicted octanol–water partition coefficient (Wildman–Crippen LogP) is 3.13. The van der Waals surface area contributed by atoms with Crippen molar-refractivity contribution in [2.75, 3.05) is 13.2 Å². The number of hydrogen-bond donors (Lipinski definition) is 2. The van der Waals surface area contributed by atoms with Gasteiger partial charge in [-0.15, -0.1) is 0 Å². The van der Waals surface area contributed by atoms with Gasteiger partial charge in [-0.25, -0.2) is 5.48 Å². The van der Waals surface area contributed by atoms with Crippen LogP contribution < -0.4 is 10.2 Å². The van der Waals surface area contributed by atoms with Crippen molar-refractivity contribution in [2.24, 2.45) is 11.3 Å². The Bertz CT molecular complexity index is 680. The van der Waals surface area contributed by atoms with E-state index in [0.717, 1.165) is 18.4 Å². The molecule has 0 radical (unpaired) electrons. The van der Waals surface area contributed by atoms with Crippen molar-refractivity contribution in [1.82, 2.24) is 10.4 Å². The predicted molar refractivity (Wildman–Crippen MR) is 97.0 cm³/mol. The van der Waals surface area contributed by atoms with Crippen molar-refractivity contribution < 1.29 is 19.5 Å². The minimum absolute atomic E-state index is 0.179. The molecule has 26 heavy (non-hydrogen) atoms. The summed E-state index contributed by atoms with van der Waals surface area (Å²) < 4.78 is 5.77. The molecule has 1 aromatic carbocycles. The first-order valence-electron chi connectivity index (χ1n) is 9.43. The van der Waals surface area contributed by atoms with E-state index in [1.165, 1.54) is 19.3 Å². The van der Waals surface area contributed by atoms with Gasteiger partial charge in [0.25, 0.3) is 5.91 Å². The van der Waals surface area contributed by atoms with E-state index in [4.69, 9.17) is 9.94 Å². The van der Waals surface area contributed by atoms with Gasteiger partial charge >= 0.3 is 0 Å². The Hall–Kier alpha value is -2.08. The summed E-state index contributed by atoms with van der Waals surface area (Å²) in [6, 6.07) is 5.04. The molecule has 3 rings (SSSR count). The molecule has 2 N–H and O–H groups in total. The van der Waals surface area contributed by atoms with Crippen molar-refractivity contribution in [3.63, 3.8) is 0 Å². The van der Waals surface area contributed by atoms with Crippen LogP contribution in [0.15, 0.2) is 18.2 Å². The summed E-state index contributed by atoms with van der Waals surface area (Å²) in [6.07, 6.45) is 5.94. The van der Waals surface area contributed by atoms with Gasteiger partial charge in [0, 0.05) is 23.1 Å². The number of nitrogens with zero attached hydrogens (tertiary/aromatic N) is 1. The Morgan fingerprint density at radius 2 is 1.96 bits per heavy atom. The normalized spacial score (nSPS) is 18.5. The highest BCUT2D eigenvalue weighted by Gasteiger charge is 2.40. The van der Waals surface area contributed by atoms with Crippen molar-refractivity contribution in [3.05, 3.63) is 29.3 Å². The Morgan fingerprint density at radius 3 is 2.65 bits per heavy atom. The van der Waals surface area contributed by atoms with Crippen LogP contribution in [0.3, 0.4) is 0 Å². The van der Waals surface area contributed by atoms with Crippen LogP contribution in [-0.4, -0.2) is 35.1 Å². The smallest absolute Gasteiger partial charge is 0.274 e. The van der Waals surface area contributed by atoms with E-state index in [1.807, 2.05) is 4.90 Å². The minimum atomic E-state index is -0.577. The highest BCUT2D eigenvalue weighted by molar-refractivity contribution is 5.93. The second-order valence-electron chi connectivity index (χ2n) is 7.90. The maximum Gasteiger partial charge on any atom is 0.274 e. The Morgan fingerprint density at radius 1 is 1.23 bits per heavy atom.